The molecular formula is C25H52NO2+. The van der Waals surface area contributed by atoms with Crippen molar-refractivity contribution in [3.8, 4) is 0 Å². The zero-order valence-electron chi connectivity index (χ0n) is 20.3. The van der Waals surface area contributed by atoms with E-state index in [4.69, 9.17) is 9.47 Å². The van der Waals surface area contributed by atoms with Gasteiger partial charge in [-0.05, 0) is 6.42 Å². The molecule has 0 bridgehead atoms. The maximum Gasteiger partial charge on any atom is 0.338 e. The molecule has 0 aliphatic heterocycles. The van der Waals surface area contributed by atoms with Gasteiger partial charge in [-0.25, -0.2) is 0 Å². The molecule has 0 saturated heterocycles. The summed E-state index contributed by atoms with van der Waals surface area (Å²) in [6.07, 6.45) is 23.6. The van der Waals surface area contributed by atoms with Crippen molar-refractivity contribution in [3.63, 3.8) is 0 Å². The van der Waals surface area contributed by atoms with Crippen molar-refractivity contribution < 1.29 is 14.0 Å². The fourth-order valence-corrected chi connectivity index (χ4v) is 3.87. The summed E-state index contributed by atoms with van der Waals surface area (Å²) in [5.74, 6) is 0.688. The average Bonchev–Trinajstić information content (AvgIpc) is 2.66. The van der Waals surface area contributed by atoms with Gasteiger partial charge in [-0.3, -0.25) is 4.48 Å². The van der Waals surface area contributed by atoms with E-state index in [0.29, 0.717) is 5.95 Å². The van der Waals surface area contributed by atoms with Gasteiger partial charge < -0.3 is 9.47 Å². The van der Waals surface area contributed by atoms with Crippen molar-refractivity contribution in [1.82, 2.24) is 0 Å². The van der Waals surface area contributed by atoms with Crippen LogP contribution in [0.5, 0.6) is 0 Å². The van der Waals surface area contributed by atoms with Crippen LogP contribution in [0.15, 0.2) is 11.6 Å². The molecule has 28 heavy (non-hydrogen) atoms. The number of nitrogens with zero attached hydrogens (tertiary/aromatic N) is 1. The Morgan fingerprint density at radius 1 is 0.536 bits per heavy atom. The van der Waals surface area contributed by atoms with Crippen molar-refractivity contribution in [3.05, 3.63) is 11.6 Å². The summed E-state index contributed by atoms with van der Waals surface area (Å²) in [5, 5.41) is 0. The van der Waals surface area contributed by atoms with Gasteiger partial charge in [-0.2, -0.15) is 0 Å². The van der Waals surface area contributed by atoms with Gasteiger partial charge in [0.2, 0.25) is 0 Å². The Bertz CT molecular complexity index is 365. The molecule has 0 unspecified atom stereocenters. The zero-order valence-corrected chi connectivity index (χ0v) is 20.3. The molecule has 0 saturated carbocycles. The fraction of sp³-hybridized carbons (Fsp3) is 0.920. The standard InChI is InChI=1S/C25H52NO2/c1-7-8-9-10-11-12-13-14-15-16-17-18-19-20-21-22-23-24(26(2,3)4)25(27-5)28-6/h7-23H2,1-6H3/q+1. The third-order valence-electron chi connectivity index (χ3n) is 5.68. The Labute approximate surface area is 177 Å². The third kappa shape index (κ3) is 15.2. The minimum atomic E-state index is 0.688. The summed E-state index contributed by atoms with van der Waals surface area (Å²) in [7, 11) is 9.93. The van der Waals surface area contributed by atoms with Gasteiger partial charge >= 0.3 is 5.95 Å². The van der Waals surface area contributed by atoms with Crippen LogP contribution in [0.4, 0.5) is 0 Å². The second-order valence-electron chi connectivity index (χ2n) is 9.21. The number of unbranched alkanes of at least 4 members (excludes halogenated alkanes) is 15. The van der Waals surface area contributed by atoms with Gasteiger partial charge in [-0.15, -0.1) is 0 Å². The molecule has 0 aromatic rings. The monoisotopic (exact) mass is 398 g/mol. The summed E-state index contributed by atoms with van der Waals surface area (Å²) in [4.78, 5) is 0. The molecule has 0 amide bonds. The molecular weight excluding hydrogens is 346 g/mol. The topological polar surface area (TPSA) is 18.5 Å². The predicted octanol–water partition coefficient (Wildman–Crippen LogP) is 7.81. The zero-order chi connectivity index (χ0) is 21.1. The van der Waals surface area contributed by atoms with Crippen LogP contribution in [0, 0.1) is 0 Å². The van der Waals surface area contributed by atoms with Crippen LogP contribution in [0.2, 0.25) is 0 Å². The number of hydrogen-bond acceptors (Lipinski definition) is 2. The van der Waals surface area contributed by atoms with Crippen LogP contribution >= 0.6 is 0 Å². The van der Waals surface area contributed by atoms with E-state index >= 15 is 0 Å². The van der Waals surface area contributed by atoms with Crippen LogP contribution in [-0.4, -0.2) is 39.8 Å². The van der Waals surface area contributed by atoms with Gasteiger partial charge in [0, 0.05) is 6.42 Å². The second kappa shape index (κ2) is 18.3. The molecule has 0 aromatic carbocycles. The van der Waals surface area contributed by atoms with Gasteiger partial charge in [0.05, 0.1) is 35.4 Å². The molecule has 0 fully saturated rings. The first-order chi connectivity index (χ1) is 13.5. The van der Waals surface area contributed by atoms with Gasteiger partial charge in [0.1, 0.15) is 0 Å². The number of allylic oxidation sites excluding steroid dienone is 1. The molecule has 0 radical (unpaired) electrons. The number of ether oxygens (including phenoxy) is 2. The van der Waals surface area contributed by atoms with Crippen LogP contribution < -0.4 is 0 Å². The molecule has 0 atom stereocenters. The summed E-state index contributed by atoms with van der Waals surface area (Å²) in [5.41, 5.74) is 1.25. The van der Waals surface area contributed by atoms with E-state index in [-0.39, 0.29) is 0 Å². The van der Waals surface area contributed by atoms with E-state index < -0.39 is 0 Å². The number of methoxy groups -OCH3 is 2. The molecule has 0 aliphatic carbocycles. The number of quaternary nitrogens is 1. The summed E-state index contributed by atoms with van der Waals surface area (Å²) < 4.78 is 11.6. The molecule has 0 rings (SSSR count). The van der Waals surface area contributed by atoms with Crippen molar-refractivity contribution in [2.45, 2.75) is 116 Å². The second-order valence-corrected chi connectivity index (χ2v) is 9.21. The highest BCUT2D eigenvalue weighted by Gasteiger charge is 2.23. The molecule has 0 heterocycles. The van der Waals surface area contributed by atoms with Crippen molar-refractivity contribution >= 4 is 0 Å². The SMILES string of the molecule is CCCCCCCCCCCCCCCCCCC(=C(OC)OC)[N+](C)(C)C. The van der Waals surface area contributed by atoms with E-state index in [2.05, 4.69) is 28.1 Å². The minimum absolute atomic E-state index is 0.688. The summed E-state index contributed by atoms with van der Waals surface area (Å²) >= 11 is 0. The minimum Gasteiger partial charge on any atom is -0.465 e. The molecule has 3 nitrogen and oxygen atoms in total. The highest BCUT2D eigenvalue weighted by molar-refractivity contribution is 4.94. The maximum atomic E-state index is 5.41. The first-order valence-corrected chi connectivity index (χ1v) is 12.1. The molecule has 3 heteroatoms. The van der Waals surface area contributed by atoms with Crippen molar-refractivity contribution in [2.75, 3.05) is 35.4 Å². The van der Waals surface area contributed by atoms with E-state index in [9.17, 15) is 0 Å². The summed E-state index contributed by atoms with van der Waals surface area (Å²) in [6.45, 7) is 2.29. The Kier molecular flexibility index (Phi) is 17.9. The highest BCUT2D eigenvalue weighted by atomic mass is 16.7. The summed E-state index contributed by atoms with van der Waals surface area (Å²) in [6, 6.07) is 0. The quantitative estimate of drug-likeness (QED) is 0.118. The van der Waals surface area contributed by atoms with Gasteiger partial charge in [-0.1, -0.05) is 103 Å². The Balaban J connectivity index is 3.54. The van der Waals surface area contributed by atoms with E-state index in [1.165, 1.54) is 108 Å². The lowest BCUT2D eigenvalue weighted by Crippen LogP contribution is -2.35. The van der Waals surface area contributed by atoms with E-state index in [1.54, 1.807) is 14.2 Å². The van der Waals surface area contributed by atoms with Gasteiger partial charge in [0.25, 0.3) is 0 Å². The first-order valence-electron chi connectivity index (χ1n) is 12.1. The average molecular weight is 399 g/mol. The van der Waals surface area contributed by atoms with Crippen molar-refractivity contribution in [2.24, 2.45) is 0 Å². The van der Waals surface area contributed by atoms with Crippen molar-refractivity contribution in [1.29, 1.82) is 0 Å². The molecule has 0 spiro atoms. The van der Waals surface area contributed by atoms with Crippen LogP contribution in [-0.2, 0) is 9.47 Å². The third-order valence-corrected chi connectivity index (χ3v) is 5.68. The predicted molar refractivity (Wildman–Crippen MR) is 123 cm³/mol. The largest absolute Gasteiger partial charge is 0.465 e. The lowest BCUT2D eigenvalue weighted by Gasteiger charge is -2.27. The normalized spacial score (nSPS) is 11.5. The van der Waals surface area contributed by atoms with Crippen LogP contribution in [0.1, 0.15) is 116 Å². The van der Waals surface area contributed by atoms with E-state index in [1.807, 2.05) is 0 Å². The smallest absolute Gasteiger partial charge is 0.338 e. The Morgan fingerprint density at radius 2 is 0.857 bits per heavy atom. The number of hydrogen-bond donors (Lipinski definition) is 0. The number of rotatable bonds is 20. The molecule has 0 aromatic heterocycles. The first kappa shape index (κ1) is 27.3. The molecule has 0 N–H and O–H groups in total. The van der Waals surface area contributed by atoms with Crippen LogP contribution in [0.25, 0.3) is 0 Å². The lowest BCUT2D eigenvalue weighted by atomic mass is 10.0. The maximum absolute atomic E-state index is 5.41. The Hall–Kier alpha value is -0.700. The van der Waals surface area contributed by atoms with Gasteiger partial charge in [0.15, 0.2) is 5.70 Å². The lowest BCUT2D eigenvalue weighted by molar-refractivity contribution is -0.834. The fourth-order valence-electron chi connectivity index (χ4n) is 3.87. The Morgan fingerprint density at radius 3 is 1.14 bits per heavy atom. The van der Waals surface area contributed by atoms with E-state index in [0.717, 1.165) is 10.9 Å². The van der Waals surface area contributed by atoms with Crippen LogP contribution in [0.3, 0.4) is 0 Å². The molecule has 168 valence electrons. The molecule has 0 aliphatic rings. The highest BCUT2D eigenvalue weighted by Crippen LogP contribution is 2.22.